The maximum Gasteiger partial charge on any atom is 0.255 e. The summed E-state index contributed by atoms with van der Waals surface area (Å²) in [4.78, 5) is 13.8. The molecule has 0 heterocycles. The van der Waals surface area contributed by atoms with Crippen LogP contribution in [0.15, 0.2) is 12.1 Å². The second-order valence-electron chi connectivity index (χ2n) is 3.49. The lowest BCUT2D eigenvalue weighted by atomic mass is 10.2. The van der Waals surface area contributed by atoms with Gasteiger partial charge in [-0.05, 0) is 79.9 Å². The molecule has 0 radical (unpaired) electrons. The summed E-state index contributed by atoms with van der Waals surface area (Å²) in [5, 5.41) is 17.9. The zero-order valence-electron chi connectivity index (χ0n) is 9.37. The Labute approximate surface area is 147 Å². The molecule has 0 aliphatic rings. The van der Waals surface area contributed by atoms with E-state index >= 15 is 0 Å². The molecule has 0 aromatic heterocycles. The monoisotopic (exact) mass is 587 g/mol. The van der Waals surface area contributed by atoms with Crippen molar-refractivity contribution in [1.82, 2.24) is 4.90 Å². The minimum atomic E-state index is -0.154. The molecule has 0 unspecified atom stereocenters. The second kappa shape index (κ2) is 8.17. The van der Waals surface area contributed by atoms with Crippen LogP contribution >= 0.6 is 67.8 Å². The molecule has 100 valence electrons. The maximum atomic E-state index is 12.3. The Balaban J connectivity index is 3.07. The summed E-state index contributed by atoms with van der Waals surface area (Å²) in [7, 11) is 0. The molecule has 2 N–H and O–H groups in total. The quantitative estimate of drug-likeness (QED) is 0.410. The van der Waals surface area contributed by atoms with Crippen LogP contribution in [0, 0.1) is 10.7 Å². The van der Waals surface area contributed by atoms with Crippen LogP contribution in [0.3, 0.4) is 0 Å². The van der Waals surface area contributed by atoms with E-state index in [2.05, 4.69) is 67.8 Å². The van der Waals surface area contributed by atoms with E-state index in [1.54, 1.807) is 0 Å². The van der Waals surface area contributed by atoms with Crippen LogP contribution in [-0.2, 0) is 0 Å². The Morgan fingerprint density at radius 3 is 2.17 bits per heavy atom. The van der Waals surface area contributed by atoms with Crippen molar-refractivity contribution in [3.8, 4) is 0 Å². The van der Waals surface area contributed by atoms with Crippen molar-refractivity contribution >= 4 is 73.7 Å². The van der Waals surface area contributed by atoms with Gasteiger partial charge in [-0.25, -0.2) is 0 Å². The topological polar surface area (TPSA) is 60.8 Å². The van der Waals surface area contributed by atoms with Gasteiger partial charge in [-0.15, -0.1) is 0 Å². The molecule has 7 heteroatoms. The second-order valence-corrected chi connectivity index (χ2v) is 6.98. The Kier molecular flexibility index (Phi) is 7.65. The zero-order valence-corrected chi connectivity index (χ0v) is 15.8. The Bertz CT molecular complexity index is 434. The van der Waals surface area contributed by atoms with Crippen LogP contribution in [0.2, 0.25) is 0 Å². The van der Waals surface area contributed by atoms with Crippen molar-refractivity contribution < 1.29 is 15.0 Å². The molecule has 4 nitrogen and oxygen atoms in total. The highest BCUT2D eigenvalue weighted by molar-refractivity contribution is 14.1. The SMILES string of the molecule is O=C(c1cc(I)cc(I)c1I)N(CCO)CCO. The normalized spacial score (nSPS) is 10.5. The molecule has 0 bridgehead atoms. The molecule has 0 spiro atoms. The van der Waals surface area contributed by atoms with Crippen LogP contribution in [0.4, 0.5) is 0 Å². The predicted octanol–water partition coefficient (Wildman–Crippen LogP) is 1.93. The molecule has 0 aliphatic carbocycles. The van der Waals surface area contributed by atoms with Crippen molar-refractivity contribution in [2.75, 3.05) is 26.3 Å². The van der Waals surface area contributed by atoms with Crippen molar-refractivity contribution in [2.45, 2.75) is 0 Å². The number of carbonyl (C=O) groups excluding carboxylic acids is 1. The third kappa shape index (κ3) is 4.42. The van der Waals surface area contributed by atoms with Gasteiger partial charge in [0.25, 0.3) is 5.91 Å². The van der Waals surface area contributed by atoms with Crippen molar-refractivity contribution in [3.63, 3.8) is 0 Å². The van der Waals surface area contributed by atoms with E-state index < -0.39 is 0 Å². The molecule has 1 aromatic rings. The largest absolute Gasteiger partial charge is 0.395 e. The van der Waals surface area contributed by atoms with Gasteiger partial charge in [-0.2, -0.15) is 0 Å². The van der Waals surface area contributed by atoms with Crippen molar-refractivity contribution in [2.24, 2.45) is 0 Å². The maximum absolute atomic E-state index is 12.3. The van der Waals surface area contributed by atoms with Gasteiger partial charge in [0, 0.05) is 23.8 Å². The molecule has 18 heavy (non-hydrogen) atoms. The lowest BCUT2D eigenvalue weighted by molar-refractivity contribution is 0.0683. The fourth-order valence-electron chi connectivity index (χ4n) is 1.44. The molecule has 0 aliphatic heterocycles. The fourth-order valence-corrected chi connectivity index (χ4v) is 3.83. The van der Waals surface area contributed by atoms with E-state index in [9.17, 15) is 4.79 Å². The third-order valence-electron chi connectivity index (χ3n) is 2.25. The van der Waals surface area contributed by atoms with E-state index in [4.69, 9.17) is 10.2 Å². The number of aliphatic hydroxyl groups excluding tert-OH is 2. The number of halogens is 3. The number of aliphatic hydroxyl groups is 2. The van der Waals surface area contributed by atoms with Gasteiger partial charge in [-0.1, -0.05) is 0 Å². The average Bonchev–Trinajstić information content (AvgIpc) is 2.32. The number of amides is 1. The molecule has 1 rings (SSSR count). The van der Waals surface area contributed by atoms with Crippen LogP contribution in [0.5, 0.6) is 0 Å². The Morgan fingerprint density at radius 1 is 1.11 bits per heavy atom. The highest BCUT2D eigenvalue weighted by atomic mass is 127. The van der Waals surface area contributed by atoms with E-state index in [1.807, 2.05) is 12.1 Å². The first-order chi connectivity index (χ1) is 8.51. The first kappa shape index (κ1) is 16.9. The summed E-state index contributed by atoms with van der Waals surface area (Å²) in [6.45, 7) is 0.252. The van der Waals surface area contributed by atoms with Gasteiger partial charge in [0.15, 0.2) is 0 Å². The van der Waals surface area contributed by atoms with Gasteiger partial charge in [0.1, 0.15) is 0 Å². The molecule has 1 aromatic carbocycles. The van der Waals surface area contributed by atoms with E-state index in [0.29, 0.717) is 5.56 Å². The Hall–Kier alpha value is 0.800. The minimum absolute atomic E-state index is 0.108. The summed E-state index contributed by atoms with van der Waals surface area (Å²) >= 11 is 6.51. The molecular weight excluding hydrogens is 575 g/mol. The molecule has 0 saturated heterocycles. The number of carbonyl (C=O) groups is 1. The summed E-state index contributed by atoms with van der Waals surface area (Å²) in [5.41, 5.74) is 0.619. The number of nitrogens with zero attached hydrogens (tertiary/aromatic N) is 1. The van der Waals surface area contributed by atoms with Gasteiger partial charge in [0.05, 0.1) is 18.8 Å². The van der Waals surface area contributed by atoms with Crippen LogP contribution in [-0.4, -0.2) is 47.3 Å². The molecule has 0 atom stereocenters. The van der Waals surface area contributed by atoms with Crippen molar-refractivity contribution in [3.05, 3.63) is 28.4 Å². The first-order valence-electron chi connectivity index (χ1n) is 5.16. The summed E-state index contributed by atoms with van der Waals surface area (Å²) in [6.07, 6.45) is 0. The highest BCUT2D eigenvalue weighted by Gasteiger charge is 2.19. The lowest BCUT2D eigenvalue weighted by Gasteiger charge is -2.21. The molecule has 1 amide bonds. The zero-order chi connectivity index (χ0) is 13.7. The van der Waals surface area contributed by atoms with E-state index in [0.717, 1.165) is 10.7 Å². The predicted molar refractivity (Wildman–Crippen MR) is 94.7 cm³/mol. The van der Waals surface area contributed by atoms with E-state index in [1.165, 1.54) is 4.90 Å². The van der Waals surface area contributed by atoms with Crippen molar-refractivity contribution in [1.29, 1.82) is 0 Å². The average molecular weight is 587 g/mol. The standard InChI is InChI=1S/C11H12I3NO3/c12-7-5-8(10(14)9(13)6-7)11(18)15(1-3-16)2-4-17/h5-6,16-17H,1-4H2. The molecule has 0 fully saturated rings. The van der Waals surface area contributed by atoms with Gasteiger partial charge in [-0.3, -0.25) is 4.79 Å². The molecule has 0 saturated carbocycles. The molecular formula is C11H12I3NO3. The van der Waals surface area contributed by atoms with Gasteiger partial charge >= 0.3 is 0 Å². The van der Waals surface area contributed by atoms with Gasteiger partial charge < -0.3 is 15.1 Å². The van der Waals surface area contributed by atoms with Crippen LogP contribution < -0.4 is 0 Å². The number of hydrogen-bond donors (Lipinski definition) is 2. The smallest absolute Gasteiger partial charge is 0.255 e. The van der Waals surface area contributed by atoms with E-state index in [-0.39, 0.29) is 32.2 Å². The summed E-state index contributed by atoms with van der Waals surface area (Å²) in [5.74, 6) is -0.154. The number of hydrogen-bond acceptors (Lipinski definition) is 3. The number of rotatable bonds is 5. The summed E-state index contributed by atoms with van der Waals surface area (Å²) in [6, 6.07) is 3.83. The lowest BCUT2D eigenvalue weighted by Crippen LogP contribution is -2.36. The highest BCUT2D eigenvalue weighted by Crippen LogP contribution is 2.23. The summed E-state index contributed by atoms with van der Waals surface area (Å²) < 4.78 is 2.92. The van der Waals surface area contributed by atoms with Crippen LogP contribution in [0.1, 0.15) is 10.4 Å². The first-order valence-corrected chi connectivity index (χ1v) is 8.40. The Morgan fingerprint density at radius 2 is 1.67 bits per heavy atom. The van der Waals surface area contributed by atoms with Gasteiger partial charge in [0.2, 0.25) is 0 Å². The number of benzene rings is 1. The van der Waals surface area contributed by atoms with Crippen LogP contribution in [0.25, 0.3) is 0 Å². The third-order valence-corrected chi connectivity index (χ3v) is 5.92. The fraction of sp³-hybridized carbons (Fsp3) is 0.364. The minimum Gasteiger partial charge on any atom is -0.395 e.